The number of thiophene rings is 1. The molecule has 130 valence electrons. The zero-order valence-electron chi connectivity index (χ0n) is 13.6. The molecule has 5 nitrogen and oxygen atoms in total. The fourth-order valence-electron chi connectivity index (χ4n) is 2.60. The Kier molecular flexibility index (Phi) is 6.10. The summed E-state index contributed by atoms with van der Waals surface area (Å²) >= 11 is 5.01. The maximum Gasteiger partial charge on any atom is 0.228 e. The summed E-state index contributed by atoms with van der Waals surface area (Å²) in [6.07, 6.45) is 0. The molecule has 0 aliphatic carbocycles. The van der Waals surface area contributed by atoms with Gasteiger partial charge in [-0.2, -0.15) is 0 Å². The molecule has 0 bridgehead atoms. The van der Waals surface area contributed by atoms with Gasteiger partial charge >= 0.3 is 0 Å². The van der Waals surface area contributed by atoms with E-state index >= 15 is 0 Å². The van der Waals surface area contributed by atoms with Crippen molar-refractivity contribution in [1.29, 1.82) is 0 Å². The molecule has 1 N–H and O–H groups in total. The topological polar surface area (TPSA) is 54.7 Å². The van der Waals surface area contributed by atoms with Crippen molar-refractivity contribution < 1.29 is 13.9 Å². The molecule has 2 aromatic rings. The zero-order chi connectivity index (χ0) is 16.9. The number of halogens is 1. The summed E-state index contributed by atoms with van der Waals surface area (Å²) in [5.41, 5.74) is 0. The molecule has 0 aromatic carbocycles. The molecule has 0 saturated carbocycles. The van der Waals surface area contributed by atoms with Crippen LogP contribution >= 0.6 is 27.3 Å². The minimum absolute atomic E-state index is 0.00970. The zero-order valence-corrected chi connectivity index (χ0v) is 16.0. The van der Waals surface area contributed by atoms with Crippen LogP contribution in [-0.4, -0.2) is 37.1 Å². The molecular formula is C17H21BrN2O3S. The summed E-state index contributed by atoms with van der Waals surface area (Å²) in [7, 11) is 0. The maximum atomic E-state index is 12.3. The summed E-state index contributed by atoms with van der Waals surface area (Å²) in [6.45, 7) is 6.54. The highest BCUT2D eigenvalue weighted by molar-refractivity contribution is 9.11. The minimum atomic E-state index is -0.163. The molecule has 2 aromatic heterocycles. The Morgan fingerprint density at radius 3 is 2.75 bits per heavy atom. The number of furan rings is 1. The lowest BCUT2D eigenvalue weighted by atomic mass is 10.1. The predicted octanol–water partition coefficient (Wildman–Crippen LogP) is 3.36. The van der Waals surface area contributed by atoms with Gasteiger partial charge in [0.05, 0.1) is 36.0 Å². The van der Waals surface area contributed by atoms with Gasteiger partial charge in [0.1, 0.15) is 11.5 Å². The Morgan fingerprint density at radius 2 is 2.04 bits per heavy atom. The number of ether oxygens (including phenoxy) is 1. The maximum absolute atomic E-state index is 12.3. The lowest BCUT2D eigenvalue weighted by molar-refractivity contribution is -0.122. The van der Waals surface area contributed by atoms with E-state index in [0.717, 1.165) is 53.0 Å². The van der Waals surface area contributed by atoms with Crippen LogP contribution in [0.1, 0.15) is 29.2 Å². The number of nitrogens with one attached hydrogen (secondary N) is 1. The van der Waals surface area contributed by atoms with E-state index in [0.29, 0.717) is 6.54 Å². The molecule has 1 fully saturated rings. The number of carbonyl (C=O) groups excluding carboxylic acids is 1. The first-order valence-electron chi connectivity index (χ1n) is 8.02. The average Bonchev–Trinajstić information content (AvgIpc) is 3.22. The first-order chi connectivity index (χ1) is 11.6. The number of amides is 1. The van der Waals surface area contributed by atoms with E-state index in [-0.39, 0.29) is 11.8 Å². The third-order valence-electron chi connectivity index (χ3n) is 4.05. The van der Waals surface area contributed by atoms with Crippen molar-refractivity contribution in [3.8, 4) is 0 Å². The first kappa shape index (κ1) is 17.7. The Hall–Kier alpha value is -1.15. The summed E-state index contributed by atoms with van der Waals surface area (Å²) in [6, 6.07) is 7.86. The van der Waals surface area contributed by atoms with Crippen LogP contribution in [-0.2, 0) is 22.6 Å². The highest BCUT2D eigenvalue weighted by Gasteiger charge is 2.17. The van der Waals surface area contributed by atoms with Gasteiger partial charge in [-0.15, -0.1) is 11.3 Å². The number of nitrogens with zero attached hydrogens (tertiary/aromatic N) is 1. The van der Waals surface area contributed by atoms with E-state index < -0.39 is 0 Å². The third kappa shape index (κ3) is 4.69. The van der Waals surface area contributed by atoms with Crippen LogP contribution in [0.2, 0.25) is 0 Å². The fourth-order valence-corrected chi connectivity index (χ4v) is 4.07. The normalized spacial score (nSPS) is 16.9. The number of morpholine rings is 1. The molecule has 0 spiro atoms. The monoisotopic (exact) mass is 412 g/mol. The van der Waals surface area contributed by atoms with Crippen molar-refractivity contribution in [3.63, 3.8) is 0 Å². The van der Waals surface area contributed by atoms with Gasteiger partial charge in [-0.05, 0) is 47.1 Å². The van der Waals surface area contributed by atoms with E-state index in [2.05, 4.69) is 26.1 Å². The van der Waals surface area contributed by atoms with Crippen LogP contribution in [0.5, 0.6) is 0 Å². The number of carbonyl (C=O) groups is 1. The lowest BCUT2D eigenvalue weighted by Crippen LogP contribution is -2.35. The third-order valence-corrected chi connectivity index (χ3v) is 5.86. The van der Waals surface area contributed by atoms with Gasteiger partial charge in [0.15, 0.2) is 0 Å². The highest BCUT2D eigenvalue weighted by Crippen LogP contribution is 2.28. The second-order valence-corrected chi connectivity index (χ2v) is 8.33. The molecule has 1 saturated heterocycles. The number of hydrogen-bond acceptors (Lipinski definition) is 5. The fraction of sp³-hybridized carbons (Fsp3) is 0.471. The molecule has 3 rings (SSSR count). The van der Waals surface area contributed by atoms with Crippen molar-refractivity contribution in [2.24, 2.45) is 0 Å². The number of rotatable bonds is 6. The van der Waals surface area contributed by atoms with E-state index in [4.69, 9.17) is 9.15 Å². The minimum Gasteiger partial charge on any atom is -0.463 e. The van der Waals surface area contributed by atoms with Gasteiger partial charge in [-0.1, -0.05) is 0 Å². The molecule has 0 radical (unpaired) electrons. The van der Waals surface area contributed by atoms with Crippen molar-refractivity contribution >= 4 is 33.2 Å². The molecule has 24 heavy (non-hydrogen) atoms. The quantitative estimate of drug-likeness (QED) is 0.789. The van der Waals surface area contributed by atoms with E-state index in [1.807, 2.05) is 31.2 Å². The summed E-state index contributed by atoms with van der Waals surface area (Å²) in [5, 5.41) is 2.95. The van der Waals surface area contributed by atoms with Crippen molar-refractivity contribution in [1.82, 2.24) is 10.2 Å². The van der Waals surface area contributed by atoms with Crippen LogP contribution in [0.3, 0.4) is 0 Å². The lowest BCUT2D eigenvalue weighted by Gasteiger charge is -2.25. The van der Waals surface area contributed by atoms with Crippen LogP contribution in [0, 0.1) is 0 Å². The van der Waals surface area contributed by atoms with Gasteiger partial charge in [0.2, 0.25) is 5.91 Å². The van der Waals surface area contributed by atoms with Crippen molar-refractivity contribution in [2.45, 2.75) is 25.9 Å². The van der Waals surface area contributed by atoms with Gasteiger partial charge in [-0.3, -0.25) is 9.69 Å². The second-order valence-electron chi connectivity index (χ2n) is 5.84. The van der Waals surface area contributed by atoms with E-state index in [1.54, 1.807) is 11.3 Å². The standard InChI is InChI=1S/C17H21BrN2O3S/c1-12(15-4-5-16(18)24-15)17(21)19-10-13-2-3-14(23-13)11-20-6-8-22-9-7-20/h2-5,12H,6-11H2,1H3,(H,19,21)/t12-/m0/s1. The van der Waals surface area contributed by atoms with Crippen LogP contribution in [0.4, 0.5) is 0 Å². The molecule has 1 atom stereocenters. The van der Waals surface area contributed by atoms with Crippen molar-refractivity contribution in [2.75, 3.05) is 26.3 Å². The van der Waals surface area contributed by atoms with Gasteiger partial charge in [-0.25, -0.2) is 0 Å². The summed E-state index contributed by atoms with van der Waals surface area (Å²) in [4.78, 5) is 15.6. The Bertz CT molecular complexity index is 679. The SMILES string of the molecule is C[C@H](C(=O)NCc1ccc(CN2CCOCC2)o1)c1ccc(Br)s1. The van der Waals surface area contributed by atoms with E-state index in [9.17, 15) is 4.79 Å². The summed E-state index contributed by atoms with van der Waals surface area (Å²) < 4.78 is 12.2. The van der Waals surface area contributed by atoms with Crippen LogP contribution < -0.4 is 5.32 Å². The first-order valence-corrected chi connectivity index (χ1v) is 9.63. The Labute approximate surface area is 154 Å². The largest absolute Gasteiger partial charge is 0.463 e. The molecule has 1 aliphatic rings. The second kappa shape index (κ2) is 8.29. The Balaban J connectivity index is 1.48. The van der Waals surface area contributed by atoms with Gasteiger partial charge < -0.3 is 14.5 Å². The molecule has 0 unspecified atom stereocenters. The van der Waals surface area contributed by atoms with E-state index in [1.165, 1.54) is 0 Å². The summed E-state index contributed by atoms with van der Waals surface area (Å²) in [5.74, 6) is 1.56. The molecule has 7 heteroatoms. The molecular weight excluding hydrogens is 392 g/mol. The molecule has 1 amide bonds. The Morgan fingerprint density at radius 1 is 1.29 bits per heavy atom. The smallest absolute Gasteiger partial charge is 0.228 e. The van der Waals surface area contributed by atoms with Crippen LogP contribution in [0.15, 0.2) is 32.5 Å². The highest BCUT2D eigenvalue weighted by atomic mass is 79.9. The molecule has 1 aliphatic heterocycles. The van der Waals surface area contributed by atoms with Gasteiger partial charge in [0.25, 0.3) is 0 Å². The predicted molar refractivity (Wildman–Crippen MR) is 97.1 cm³/mol. The number of hydrogen-bond donors (Lipinski definition) is 1. The van der Waals surface area contributed by atoms with Gasteiger partial charge in [0, 0.05) is 18.0 Å². The molecule has 3 heterocycles. The van der Waals surface area contributed by atoms with Crippen LogP contribution in [0.25, 0.3) is 0 Å². The van der Waals surface area contributed by atoms with Crippen molar-refractivity contribution in [3.05, 3.63) is 44.4 Å². The average molecular weight is 413 g/mol.